The lowest BCUT2D eigenvalue weighted by Crippen LogP contribution is -2.38. The first-order valence-electron chi connectivity index (χ1n) is 13.0. The van der Waals surface area contributed by atoms with Gasteiger partial charge in [0.25, 0.3) is 0 Å². The van der Waals surface area contributed by atoms with E-state index in [9.17, 15) is 18.4 Å². The maximum absolute atomic E-state index is 13.2. The van der Waals surface area contributed by atoms with Crippen LogP contribution in [0.5, 0.6) is 5.75 Å². The average Bonchev–Trinajstić information content (AvgIpc) is 3.43. The second-order valence-corrected chi connectivity index (χ2v) is 9.91. The molecule has 0 bridgehead atoms. The summed E-state index contributed by atoms with van der Waals surface area (Å²) in [5.74, 6) is 0.562. The maximum atomic E-state index is 13.2. The molecule has 2 amide bonds. The van der Waals surface area contributed by atoms with Gasteiger partial charge < -0.3 is 19.5 Å². The summed E-state index contributed by atoms with van der Waals surface area (Å²) in [5, 5.41) is 8.73. The number of aromatic nitrogens is 2. The number of ether oxygens (including phenoxy) is 1. The van der Waals surface area contributed by atoms with Crippen LogP contribution >= 0.6 is 0 Å². The quantitative estimate of drug-likeness (QED) is 0.321. The zero-order valence-corrected chi connectivity index (χ0v) is 22.1. The van der Waals surface area contributed by atoms with Gasteiger partial charge in [-0.15, -0.1) is 0 Å². The third kappa shape index (κ3) is 7.38. The van der Waals surface area contributed by atoms with Crippen LogP contribution in [0, 0.1) is 0 Å². The maximum Gasteiger partial charge on any atom is 0.324 e. The number of Topliss-reactive ketones (excluding diaryl/α,β-unsaturated/α-hetero) is 1. The number of likely N-dealkylation sites (tertiary alicyclic amines) is 1. The van der Waals surface area contributed by atoms with E-state index in [-0.39, 0.29) is 29.9 Å². The molecule has 0 atom stereocenters. The van der Waals surface area contributed by atoms with Gasteiger partial charge in [-0.1, -0.05) is 24.2 Å². The SMILES string of the molecule is CCN1CCC(Oc2ccc(C(=O)Cc3ccc(NC(=O)Nc4cc(C(C)(CF)CF)on4)cc3)nc2)CC1. The topological polar surface area (TPSA) is 110 Å². The van der Waals surface area contributed by atoms with Crippen molar-refractivity contribution >= 4 is 23.3 Å². The Bertz CT molecular complexity index is 1240. The summed E-state index contributed by atoms with van der Waals surface area (Å²) in [6, 6.07) is 10.9. The van der Waals surface area contributed by atoms with Crippen molar-refractivity contribution in [2.75, 3.05) is 43.6 Å². The number of pyridine rings is 1. The Kier molecular flexibility index (Phi) is 9.23. The van der Waals surface area contributed by atoms with Crippen LogP contribution in [0.1, 0.15) is 48.5 Å². The zero-order valence-electron chi connectivity index (χ0n) is 22.1. The Morgan fingerprint density at radius 3 is 2.44 bits per heavy atom. The molecule has 2 aromatic heterocycles. The van der Waals surface area contributed by atoms with E-state index in [0.717, 1.165) is 38.0 Å². The fourth-order valence-electron chi connectivity index (χ4n) is 4.20. The molecule has 3 aromatic rings. The van der Waals surface area contributed by atoms with Crippen molar-refractivity contribution in [2.24, 2.45) is 0 Å². The van der Waals surface area contributed by atoms with E-state index < -0.39 is 24.8 Å². The van der Waals surface area contributed by atoms with Gasteiger partial charge >= 0.3 is 6.03 Å². The summed E-state index contributed by atoms with van der Waals surface area (Å²) in [7, 11) is 0. The standard InChI is InChI=1S/C28H33F2N5O4/c1-3-35-12-10-21(11-13-35)38-22-8-9-23(31-16-22)24(36)14-19-4-6-20(7-5-19)32-27(37)33-26-15-25(39-34-26)28(2,17-29)18-30/h4-9,15-16,21H,3,10-14,17-18H2,1-2H3,(H2,32,33,34,37). The van der Waals surface area contributed by atoms with Crippen LogP contribution in [0.3, 0.4) is 0 Å². The lowest BCUT2D eigenvalue weighted by atomic mass is 9.91. The Hall–Kier alpha value is -3.86. The van der Waals surface area contributed by atoms with Crippen molar-refractivity contribution < 1.29 is 27.6 Å². The fourth-order valence-corrected chi connectivity index (χ4v) is 4.20. The Balaban J connectivity index is 1.25. The van der Waals surface area contributed by atoms with Gasteiger partial charge in [0.1, 0.15) is 36.7 Å². The number of benzene rings is 1. The van der Waals surface area contributed by atoms with Crippen LogP contribution in [0.25, 0.3) is 0 Å². The first-order valence-corrected chi connectivity index (χ1v) is 13.0. The van der Waals surface area contributed by atoms with E-state index in [1.54, 1.807) is 42.6 Å². The van der Waals surface area contributed by atoms with Crippen molar-refractivity contribution in [2.45, 2.75) is 44.6 Å². The van der Waals surface area contributed by atoms with Gasteiger partial charge in [0.05, 0.1) is 11.6 Å². The number of rotatable bonds is 11. The number of alkyl halides is 2. The Labute approximate surface area is 225 Å². The molecule has 1 aliphatic heterocycles. The number of hydrogen-bond donors (Lipinski definition) is 2. The minimum atomic E-state index is -1.45. The Morgan fingerprint density at radius 1 is 1.10 bits per heavy atom. The summed E-state index contributed by atoms with van der Waals surface area (Å²) in [6.45, 7) is 4.69. The van der Waals surface area contributed by atoms with E-state index in [0.29, 0.717) is 17.1 Å². The van der Waals surface area contributed by atoms with Crippen molar-refractivity contribution in [3.63, 3.8) is 0 Å². The molecule has 1 aromatic carbocycles. The highest BCUT2D eigenvalue weighted by Gasteiger charge is 2.32. The molecule has 0 spiro atoms. The number of anilines is 2. The molecule has 208 valence electrons. The summed E-state index contributed by atoms with van der Waals surface area (Å²) in [4.78, 5) is 31.7. The Morgan fingerprint density at radius 2 is 1.82 bits per heavy atom. The molecule has 0 aliphatic carbocycles. The number of urea groups is 1. The van der Waals surface area contributed by atoms with Gasteiger partial charge in [-0.05, 0) is 56.1 Å². The van der Waals surface area contributed by atoms with E-state index in [1.165, 1.54) is 13.0 Å². The van der Waals surface area contributed by atoms with E-state index in [2.05, 4.69) is 32.6 Å². The highest BCUT2D eigenvalue weighted by Crippen LogP contribution is 2.27. The summed E-state index contributed by atoms with van der Waals surface area (Å²) in [6.07, 6.45) is 3.86. The zero-order chi connectivity index (χ0) is 27.8. The van der Waals surface area contributed by atoms with Crippen molar-refractivity contribution in [1.29, 1.82) is 0 Å². The van der Waals surface area contributed by atoms with Crippen molar-refractivity contribution in [1.82, 2.24) is 15.0 Å². The highest BCUT2D eigenvalue weighted by molar-refractivity contribution is 5.99. The average molecular weight is 542 g/mol. The predicted octanol–water partition coefficient (Wildman–Crippen LogP) is 5.20. The molecule has 1 fully saturated rings. The molecule has 11 heteroatoms. The van der Waals surface area contributed by atoms with Crippen LogP contribution in [-0.4, -0.2) is 65.9 Å². The van der Waals surface area contributed by atoms with Crippen molar-refractivity contribution in [3.05, 3.63) is 65.7 Å². The molecule has 0 unspecified atom stereocenters. The van der Waals surface area contributed by atoms with Crippen molar-refractivity contribution in [3.8, 4) is 5.75 Å². The van der Waals surface area contributed by atoms with Crippen LogP contribution < -0.4 is 15.4 Å². The van der Waals surface area contributed by atoms with Gasteiger partial charge in [-0.2, -0.15) is 0 Å². The molecule has 3 heterocycles. The predicted molar refractivity (Wildman–Crippen MR) is 143 cm³/mol. The molecule has 1 saturated heterocycles. The molecular weight excluding hydrogens is 508 g/mol. The number of nitrogens with one attached hydrogen (secondary N) is 2. The van der Waals surface area contributed by atoms with Crippen LogP contribution in [0.4, 0.5) is 25.1 Å². The van der Waals surface area contributed by atoms with E-state index in [1.807, 2.05) is 0 Å². The fraction of sp³-hybridized carbons (Fsp3) is 0.429. The monoisotopic (exact) mass is 541 g/mol. The first-order chi connectivity index (χ1) is 18.8. The number of piperidine rings is 1. The van der Waals surface area contributed by atoms with Gasteiger partial charge in [0.15, 0.2) is 11.6 Å². The number of carbonyl (C=O) groups excluding carboxylic acids is 2. The van der Waals surface area contributed by atoms with Crippen LogP contribution in [0.2, 0.25) is 0 Å². The third-order valence-corrected chi connectivity index (χ3v) is 6.82. The molecule has 4 rings (SSSR count). The van der Waals surface area contributed by atoms with Gasteiger partial charge in [-0.25, -0.2) is 18.6 Å². The molecular formula is C28H33F2N5O4. The molecule has 0 saturated carbocycles. The smallest absolute Gasteiger partial charge is 0.324 e. The number of halogens is 2. The molecule has 2 N–H and O–H groups in total. The van der Waals surface area contributed by atoms with Gasteiger partial charge in [0.2, 0.25) is 0 Å². The van der Waals surface area contributed by atoms with Gasteiger partial charge in [0, 0.05) is 31.3 Å². The second kappa shape index (κ2) is 12.8. The third-order valence-electron chi connectivity index (χ3n) is 6.82. The van der Waals surface area contributed by atoms with Crippen LogP contribution in [-0.2, 0) is 11.8 Å². The van der Waals surface area contributed by atoms with Gasteiger partial charge in [-0.3, -0.25) is 10.1 Å². The molecule has 9 nitrogen and oxygen atoms in total. The van der Waals surface area contributed by atoms with Crippen LogP contribution in [0.15, 0.2) is 53.2 Å². The largest absolute Gasteiger partial charge is 0.489 e. The summed E-state index contributed by atoms with van der Waals surface area (Å²) in [5.41, 5.74) is 0.143. The lowest BCUT2D eigenvalue weighted by molar-refractivity contribution is 0.0985. The number of amides is 2. The highest BCUT2D eigenvalue weighted by atomic mass is 19.1. The molecule has 0 radical (unpaired) electrons. The minimum absolute atomic E-state index is 0.00108. The van der Waals surface area contributed by atoms with E-state index in [4.69, 9.17) is 9.26 Å². The second-order valence-electron chi connectivity index (χ2n) is 9.91. The number of ketones is 1. The normalized spacial score (nSPS) is 14.7. The number of nitrogens with zero attached hydrogens (tertiary/aromatic N) is 3. The lowest BCUT2D eigenvalue weighted by Gasteiger charge is -2.31. The molecule has 1 aliphatic rings. The summed E-state index contributed by atoms with van der Waals surface area (Å²) < 4.78 is 37.3. The number of hydrogen-bond acceptors (Lipinski definition) is 7. The minimum Gasteiger partial charge on any atom is -0.489 e. The molecule has 39 heavy (non-hydrogen) atoms. The number of carbonyl (C=O) groups is 2. The summed E-state index contributed by atoms with van der Waals surface area (Å²) >= 11 is 0. The van der Waals surface area contributed by atoms with E-state index >= 15 is 0 Å². The first kappa shape index (κ1) is 28.2.